The quantitative estimate of drug-likeness (QED) is 0.751. The summed E-state index contributed by atoms with van der Waals surface area (Å²) in [4.78, 5) is 15.5. The minimum Gasteiger partial charge on any atom is -0.288 e. The van der Waals surface area contributed by atoms with Crippen LogP contribution in [0.25, 0.3) is 6.08 Å². The molecule has 2 N–H and O–H groups in total. The van der Waals surface area contributed by atoms with Gasteiger partial charge in [0.05, 0.1) is 0 Å². The van der Waals surface area contributed by atoms with Crippen molar-refractivity contribution >= 4 is 17.9 Å². The van der Waals surface area contributed by atoms with E-state index < -0.39 is 0 Å². The standard InChI is InChI=1S/C10H10N6O/c1-7-6-8(4-5-11-7)2-3-9(17)12-10-13-15-16-14-10/h2-6H,1H3,(H2,12,13,14,15,16,17). The highest BCUT2D eigenvalue weighted by atomic mass is 16.1. The topological polar surface area (TPSA) is 96.5 Å². The summed E-state index contributed by atoms with van der Waals surface area (Å²) in [6.45, 7) is 1.89. The van der Waals surface area contributed by atoms with Gasteiger partial charge in [0.15, 0.2) is 0 Å². The summed E-state index contributed by atoms with van der Waals surface area (Å²) in [5.41, 5.74) is 1.80. The molecule has 0 unspecified atom stereocenters. The number of nitrogens with zero attached hydrogens (tertiary/aromatic N) is 4. The third kappa shape index (κ3) is 3.20. The number of nitrogens with one attached hydrogen (secondary N) is 2. The number of tetrazole rings is 1. The number of rotatable bonds is 3. The van der Waals surface area contributed by atoms with Crippen molar-refractivity contribution in [2.45, 2.75) is 6.92 Å². The SMILES string of the molecule is Cc1cc(C=CC(=O)Nc2nn[nH]n2)ccn1. The van der Waals surface area contributed by atoms with Crippen LogP contribution in [0.1, 0.15) is 11.3 Å². The highest BCUT2D eigenvalue weighted by Crippen LogP contribution is 2.03. The predicted molar refractivity (Wildman–Crippen MR) is 60.8 cm³/mol. The zero-order valence-electron chi connectivity index (χ0n) is 9.08. The summed E-state index contributed by atoms with van der Waals surface area (Å²) >= 11 is 0. The maximum atomic E-state index is 11.4. The average Bonchev–Trinajstić information content (AvgIpc) is 2.79. The van der Waals surface area contributed by atoms with E-state index in [1.807, 2.05) is 19.1 Å². The minimum absolute atomic E-state index is 0.144. The molecule has 0 aromatic carbocycles. The number of aromatic nitrogens is 5. The highest BCUT2D eigenvalue weighted by Gasteiger charge is 2.00. The van der Waals surface area contributed by atoms with E-state index in [1.54, 1.807) is 12.3 Å². The molecule has 0 aliphatic carbocycles. The van der Waals surface area contributed by atoms with Crippen LogP contribution in [0, 0.1) is 6.92 Å². The van der Waals surface area contributed by atoms with Gasteiger partial charge in [-0.3, -0.25) is 15.1 Å². The number of pyridine rings is 1. The van der Waals surface area contributed by atoms with Crippen LogP contribution in [0.4, 0.5) is 5.95 Å². The molecule has 0 atom stereocenters. The number of carbonyl (C=O) groups is 1. The van der Waals surface area contributed by atoms with Gasteiger partial charge in [0.2, 0.25) is 0 Å². The molecule has 2 heterocycles. The van der Waals surface area contributed by atoms with Crippen molar-refractivity contribution < 1.29 is 4.79 Å². The fourth-order valence-electron chi connectivity index (χ4n) is 1.21. The first-order valence-corrected chi connectivity index (χ1v) is 4.89. The van der Waals surface area contributed by atoms with Crippen LogP contribution in [0.3, 0.4) is 0 Å². The number of amides is 1. The van der Waals surface area contributed by atoms with Crippen molar-refractivity contribution in [3.63, 3.8) is 0 Å². The Morgan fingerprint density at radius 1 is 1.53 bits per heavy atom. The molecule has 0 fully saturated rings. The Morgan fingerprint density at radius 2 is 2.41 bits per heavy atom. The molecule has 2 rings (SSSR count). The maximum Gasteiger partial charge on any atom is 0.270 e. The zero-order chi connectivity index (χ0) is 12.1. The van der Waals surface area contributed by atoms with Crippen LogP contribution in [0.15, 0.2) is 24.4 Å². The van der Waals surface area contributed by atoms with E-state index in [-0.39, 0.29) is 11.9 Å². The van der Waals surface area contributed by atoms with Crippen molar-refractivity contribution in [2.24, 2.45) is 0 Å². The first kappa shape index (κ1) is 10.9. The first-order chi connectivity index (χ1) is 8.24. The van der Waals surface area contributed by atoms with E-state index in [0.29, 0.717) is 0 Å². The van der Waals surface area contributed by atoms with Crippen molar-refractivity contribution in [2.75, 3.05) is 5.32 Å². The Labute approximate surface area is 97.0 Å². The van der Waals surface area contributed by atoms with Gasteiger partial charge in [-0.25, -0.2) is 0 Å². The monoisotopic (exact) mass is 230 g/mol. The second-order valence-corrected chi connectivity index (χ2v) is 3.29. The molecular formula is C10H10N6O. The number of H-pyrrole nitrogens is 1. The second-order valence-electron chi connectivity index (χ2n) is 3.29. The second kappa shape index (κ2) is 4.97. The van der Waals surface area contributed by atoms with E-state index >= 15 is 0 Å². The van der Waals surface area contributed by atoms with Gasteiger partial charge >= 0.3 is 0 Å². The summed E-state index contributed by atoms with van der Waals surface area (Å²) in [6, 6.07) is 3.68. The van der Waals surface area contributed by atoms with Crippen LogP contribution >= 0.6 is 0 Å². The van der Waals surface area contributed by atoms with Gasteiger partial charge in [0.25, 0.3) is 11.9 Å². The van der Waals surface area contributed by atoms with E-state index in [4.69, 9.17) is 0 Å². The van der Waals surface area contributed by atoms with Gasteiger partial charge in [0, 0.05) is 18.0 Å². The molecule has 0 bridgehead atoms. The fourth-order valence-corrected chi connectivity index (χ4v) is 1.21. The first-order valence-electron chi connectivity index (χ1n) is 4.89. The summed E-state index contributed by atoms with van der Waals surface area (Å²) in [5, 5.41) is 15.2. The number of aryl methyl sites for hydroxylation is 1. The van der Waals surface area contributed by atoms with Gasteiger partial charge in [-0.05, 0) is 35.9 Å². The molecular weight excluding hydrogens is 220 g/mol. The molecule has 0 spiro atoms. The van der Waals surface area contributed by atoms with E-state index in [0.717, 1.165) is 11.3 Å². The average molecular weight is 230 g/mol. The summed E-state index contributed by atoms with van der Waals surface area (Å²) in [7, 11) is 0. The third-order valence-corrected chi connectivity index (χ3v) is 1.93. The summed E-state index contributed by atoms with van der Waals surface area (Å²) < 4.78 is 0. The number of aromatic amines is 1. The molecule has 2 aromatic heterocycles. The fraction of sp³-hybridized carbons (Fsp3) is 0.100. The number of carbonyl (C=O) groups excluding carboxylic acids is 1. The lowest BCUT2D eigenvalue weighted by molar-refractivity contribution is -0.111. The molecule has 17 heavy (non-hydrogen) atoms. The Hall–Kier alpha value is -2.57. The lowest BCUT2D eigenvalue weighted by atomic mass is 10.2. The largest absolute Gasteiger partial charge is 0.288 e. The lowest BCUT2D eigenvalue weighted by Crippen LogP contribution is -2.09. The van der Waals surface area contributed by atoms with Crippen LogP contribution in [-0.2, 0) is 4.79 Å². The van der Waals surface area contributed by atoms with Crippen LogP contribution in [0.5, 0.6) is 0 Å². The number of hydrogen-bond donors (Lipinski definition) is 2. The van der Waals surface area contributed by atoms with Gasteiger partial charge in [-0.1, -0.05) is 5.10 Å². The van der Waals surface area contributed by atoms with Crippen LogP contribution < -0.4 is 5.32 Å². The molecule has 7 nitrogen and oxygen atoms in total. The molecule has 2 aromatic rings. The van der Waals surface area contributed by atoms with Gasteiger partial charge < -0.3 is 0 Å². The van der Waals surface area contributed by atoms with Crippen molar-refractivity contribution in [3.8, 4) is 0 Å². The van der Waals surface area contributed by atoms with E-state index in [1.165, 1.54) is 6.08 Å². The Kier molecular flexibility index (Phi) is 3.20. The molecule has 0 aliphatic heterocycles. The molecule has 1 amide bonds. The molecule has 0 aliphatic rings. The molecule has 0 radical (unpaired) electrons. The highest BCUT2D eigenvalue weighted by molar-refractivity contribution is 6.00. The van der Waals surface area contributed by atoms with Gasteiger partial charge in [-0.15, -0.1) is 5.10 Å². The summed E-state index contributed by atoms with van der Waals surface area (Å²) in [6.07, 6.45) is 4.77. The Morgan fingerprint density at radius 3 is 3.12 bits per heavy atom. The molecule has 0 saturated carbocycles. The number of hydrogen-bond acceptors (Lipinski definition) is 5. The maximum absolute atomic E-state index is 11.4. The van der Waals surface area contributed by atoms with Gasteiger partial charge in [0.1, 0.15) is 0 Å². The van der Waals surface area contributed by atoms with Gasteiger partial charge in [-0.2, -0.15) is 5.21 Å². The van der Waals surface area contributed by atoms with Crippen molar-refractivity contribution in [1.82, 2.24) is 25.6 Å². The molecule has 0 saturated heterocycles. The number of anilines is 1. The van der Waals surface area contributed by atoms with Crippen molar-refractivity contribution in [3.05, 3.63) is 35.7 Å². The summed E-state index contributed by atoms with van der Waals surface area (Å²) in [5.74, 6) is -0.175. The van der Waals surface area contributed by atoms with E-state index in [2.05, 4.69) is 30.9 Å². The smallest absolute Gasteiger partial charge is 0.270 e. The third-order valence-electron chi connectivity index (χ3n) is 1.93. The van der Waals surface area contributed by atoms with Crippen LogP contribution in [-0.4, -0.2) is 31.5 Å². The molecule has 7 heteroatoms. The van der Waals surface area contributed by atoms with E-state index in [9.17, 15) is 4.79 Å². The van der Waals surface area contributed by atoms with Crippen LogP contribution in [0.2, 0.25) is 0 Å². The Bertz CT molecular complexity index is 533. The minimum atomic E-state index is -0.319. The lowest BCUT2D eigenvalue weighted by Gasteiger charge is -1.95. The Balaban J connectivity index is 1.99. The zero-order valence-corrected chi connectivity index (χ0v) is 9.08. The normalized spacial score (nSPS) is 10.6. The van der Waals surface area contributed by atoms with Crippen molar-refractivity contribution in [1.29, 1.82) is 0 Å². The molecule has 86 valence electrons. The predicted octanol–water partition coefficient (Wildman–Crippen LogP) is 0.555.